The van der Waals surface area contributed by atoms with Gasteiger partial charge < -0.3 is 5.11 Å². The number of aromatic hydroxyl groups is 1. The summed E-state index contributed by atoms with van der Waals surface area (Å²) in [7, 11) is 0. The molecule has 77 valence electrons. The van der Waals surface area contributed by atoms with E-state index in [1.165, 1.54) is 0 Å². The van der Waals surface area contributed by atoms with Crippen LogP contribution in [-0.4, -0.2) is 10.1 Å². The maximum atomic E-state index is 9.65. The molecule has 0 saturated heterocycles. The van der Waals surface area contributed by atoms with Gasteiger partial charge in [0.25, 0.3) is 0 Å². The van der Waals surface area contributed by atoms with Crippen molar-refractivity contribution in [1.29, 1.82) is 0 Å². The van der Waals surface area contributed by atoms with E-state index in [-0.39, 0.29) is 22.8 Å². The van der Waals surface area contributed by atoms with Crippen LogP contribution in [-0.2, 0) is 17.1 Å². The number of phenolic OH excluding ortho intramolecular Hbond substituents is 1. The molecule has 2 nitrogen and oxygen atoms in total. The molecule has 14 heavy (non-hydrogen) atoms. The van der Waals surface area contributed by atoms with Crippen molar-refractivity contribution < 1.29 is 22.2 Å². The number of hydrogen-bond donors (Lipinski definition) is 1. The Morgan fingerprint density at radius 3 is 2.86 bits per heavy atom. The Hall–Kier alpha value is -0.0305. The van der Waals surface area contributed by atoms with Crippen LogP contribution in [0, 0.1) is 3.57 Å². The maximum absolute atomic E-state index is 9.65. The maximum Gasteiger partial charge on any atom is 0.155 e. The van der Waals surface area contributed by atoms with E-state index in [9.17, 15) is 5.11 Å². The van der Waals surface area contributed by atoms with Crippen LogP contribution < -0.4 is 0 Å². The molecule has 0 aliphatic rings. The third-order valence-corrected chi connectivity index (χ3v) is 2.90. The Morgan fingerprint density at radius 1 is 1.43 bits per heavy atom. The van der Waals surface area contributed by atoms with Gasteiger partial charge in [0.05, 0.1) is 8.59 Å². The molecule has 1 radical (unpaired) electrons. The van der Waals surface area contributed by atoms with Crippen LogP contribution in [0.5, 0.6) is 5.75 Å². The number of fused-ring (bicyclic) bond motifs is 1. The normalized spacial score (nSPS) is 9.86. The molecule has 0 aliphatic carbocycles. The number of benzene rings is 1. The summed E-state index contributed by atoms with van der Waals surface area (Å²) < 4.78 is 0.716. The van der Waals surface area contributed by atoms with Gasteiger partial charge in [-0.1, -0.05) is 11.6 Å². The standard InChI is InChI=1S/C9H5ClINO.Cu/c10-6-4-7(11)9(13)8-5(6)2-1-3-12-8;/h1-4,13H;. The van der Waals surface area contributed by atoms with Crippen molar-refractivity contribution in [2.75, 3.05) is 0 Å². The molecular formula is C9H5ClCuINO. The van der Waals surface area contributed by atoms with Crippen molar-refractivity contribution >= 4 is 45.1 Å². The number of halogens is 2. The van der Waals surface area contributed by atoms with Crippen molar-refractivity contribution in [2.45, 2.75) is 0 Å². The summed E-state index contributed by atoms with van der Waals surface area (Å²) >= 11 is 8.00. The van der Waals surface area contributed by atoms with Crippen LogP contribution in [0.4, 0.5) is 0 Å². The van der Waals surface area contributed by atoms with Crippen LogP contribution in [0.15, 0.2) is 24.4 Å². The summed E-state index contributed by atoms with van der Waals surface area (Å²) in [4.78, 5) is 4.06. The molecule has 0 atom stereocenters. The van der Waals surface area contributed by atoms with Crippen molar-refractivity contribution in [2.24, 2.45) is 0 Å². The van der Waals surface area contributed by atoms with Gasteiger partial charge in [0.2, 0.25) is 0 Å². The van der Waals surface area contributed by atoms with E-state index >= 15 is 0 Å². The molecule has 2 rings (SSSR count). The molecule has 2 aromatic rings. The van der Waals surface area contributed by atoms with Crippen molar-refractivity contribution in [1.82, 2.24) is 4.98 Å². The fraction of sp³-hybridized carbons (Fsp3) is 0. The summed E-state index contributed by atoms with van der Waals surface area (Å²) in [5.74, 6) is 0.195. The second-order valence-corrected chi connectivity index (χ2v) is 4.16. The van der Waals surface area contributed by atoms with Crippen LogP contribution in [0.3, 0.4) is 0 Å². The predicted octanol–water partition coefficient (Wildman–Crippen LogP) is 3.20. The average molecular weight is 369 g/mol. The number of pyridine rings is 1. The zero-order valence-electron chi connectivity index (χ0n) is 6.76. The quantitative estimate of drug-likeness (QED) is 0.572. The minimum Gasteiger partial charge on any atom is -0.505 e. The van der Waals surface area contributed by atoms with Crippen molar-refractivity contribution in [3.05, 3.63) is 33.0 Å². The van der Waals surface area contributed by atoms with E-state index in [4.69, 9.17) is 11.6 Å². The third kappa shape index (κ3) is 1.98. The molecule has 0 saturated carbocycles. The zero-order valence-corrected chi connectivity index (χ0v) is 10.6. The predicted molar refractivity (Wildman–Crippen MR) is 61.1 cm³/mol. The minimum atomic E-state index is 0. The van der Waals surface area contributed by atoms with Gasteiger partial charge in [-0.25, -0.2) is 0 Å². The molecule has 0 spiro atoms. The van der Waals surface area contributed by atoms with Crippen molar-refractivity contribution in [3.8, 4) is 5.75 Å². The fourth-order valence-corrected chi connectivity index (χ4v) is 2.17. The molecule has 0 aliphatic heterocycles. The van der Waals surface area contributed by atoms with E-state index < -0.39 is 0 Å². The number of aromatic nitrogens is 1. The van der Waals surface area contributed by atoms with Gasteiger partial charge in [0, 0.05) is 28.7 Å². The first-order valence-corrected chi connectivity index (χ1v) is 5.07. The van der Waals surface area contributed by atoms with E-state index in [0.717, 1.165) is 5.39 Å². The molecule has 1 aromatic carbocycles. The van der Waals surface area contributed by atoms with Gasteiger partial charge in [0.15, 0.2) is 5.75 Å². The SMILES string of the molecule is Oc1c(I)cc(Cl)c2cccnc12.[Cu]. The first-order valence-electron chi connectivity index (χ1n) is 3.62. The Bertz CT molecular complexity index is 478. The number of rotatable bonds is 0. The first kappa shape index (κ1) is 12.0. The summed E-state index contributed by atoms with van der Waals surface area (Å²) in [6, 6.07) is 5.35. The van der Waals surface area contributed by atoms with Crippen LogP contribution >= 0.6 is 34.2 Å². The van der Waals surface area contributed by atoms with E-state index in [1.54, 1.807) is 18.3 Å². The molecular weight excluding hydrogens is 364 g/mol. The smallest absolute Gasteiger partial charge is 0.155 e. The molecule has 1 heterocycles. The first-order chi connectivity index (χ1) is 6.20. The number of hydrogen-bond acceptors (Lipinski definition) is 2. The third-order valence-electron chi connectivity index (χ3n) is 1.77. The van der Waals surface area contributed by atoms with Crippen LogP contribution in [0.25, 0.3) is 10.9 Å². The van der Waals surface area contributed by atoms with Gasteiger partial charge in [-0.3, -0.25) is 4.98 Å². The summed E-state index contributed by atoms with van der Waals surface area (Å²) in [5, 5.41) is 11.0. The second-order valence-electron chi connectivity index (χ2n) is 2.59. The summed E-state index contributed by atoms with van der Waals surface area (Å²) in [6.45, 7) is 0. The van der Waals surface area contributed by atoms with Gasteiger partial charge in [-0.05, 0) is 40.8 Å². The molecule has 0 amide bonds. The summed E-state index contributed by atoms with van der Waals surface area (Å²) in [6.07, 6.45) is 1.63. The van der Waals surface area contributed by atoms with Crippen LogP contribution in [0.1, 0.15) is 0 Å². The Kier molecular flexibility index (Phi) is 4.01. The van der Waals surface area contributed by atoms with Crippen LogP contribution in [0.2, 0.25) is 5.02 Å². The Labute approximate surface area is 110 Å². The summed E-state index contributed by atoms with van der Waals surface area (Å²) in [5.41, 5.74) is 0.555. The minimum absolute atomic E-state index is 0. The Balaban J connectivity index is 0.000000980. The van der Waals surface area contributed by atoms with E-state index in [1.807, 2.05) is 28.7 Å². The molecule has 1 N–H and O–H groups in total. The van der Waals surface area contributed by atoms with E-state index in [0.29, 0.717) is 14.1 Å². The van der Waals surface area contributed by atoms with E-state index in [2.05, 4.69) is 4.98 Å². The molecule has 0 bridgehead atoms. The molecule has 1 aromatic heterocycles. The fourth-order valence-electron chi connectivity index (χ4n) is 1.16. The average Bonchev–Trinajstić information content (AvgIpc) is 2.15. The topological polar surface area (TPSA) is 33.1 Å². The van der Waals surface area contributed by atoms with Gasteiger partial charge >= 0.3 is 0 Å². The largest absolute Gasteiger partial charge is 0.505 e. The van der Waals surface area contributed by atoms with Gasteiger partial charge in [0.1, 0.15) is 5.52 Å². The Morgan fingerprint density at radius 2 is 2.14 bits per heavy atom. The molecule has 0 fully saturated rings. The molecule has 5 heteroatoms. The van der Waals surface area contributed by atoms with Gasteiger partial charge in [-0.15, -0.1) is 0 Å². The molecule has 0 unspecified atom stereocenters. The number of nitrogens with zero attached hydrogens (tertiary/aromatic N) is 1. The monoisotopic (exact) mass is 368 g/mol. The zero-order chi connectivity index (χ0) is 9.42. The number of phenols is 1. The van der Waals surface area contributed by atoms with Crippen molar-refractivity contribution in [3.63, 3.8) is 0 Å². The van der Waals surface area contributed by atoms with Gasteiger partial charge in [-0.2, -0.15) is 0 Å². The second kappa shape index (κ2) is 4.66.